The minimum absolute atomic E-state index is 0.170. The predicted octanol–water partition coefficient (Wildman–Crippen LogP) is 7.60. The van der Waals surface area contributed by atoms with E-state index in [1.807, 2.05) is 36.1 Å². The van der Waals surface area contributed by atoms with Gasteiger partial charge in [0.2, 0.25) is 5.11 Å². The molecule has 0 bridgehead atoms. The minimum atomic E-state index is -4.42. The number of benzene rings is 2. The topological polar surface area (TPSA) is 27.6 Å². The third kappa shape index (κ3) is 4.65. The number of aliphatic imine (C=N–C) groups is 1. The van der Waals surface area contributed by atoms with Gasteiger partial charge in [0.25, 0.3) is 0 Å². The Kier molecular flexibility index (Phi) is 6.06. The smallest absolute Gasteiger partial charge is 0.342 e. The van der Waals surface area contributed by atoms with Crippen LogP contribution in [-0.4, -0.2) is 16.5 Å². The van der Waals surface area contributed by atoms with Crippen molar-refractivity contribution in [2.75, 3.05) is 10.2 Å². The van der Waals surface area contributed by atoms with Crippen LogP contribution in [0.2, 0.25) is 0 Å². The second kappa shape index (κ2) is 8.42. The normalized spacial score (nSPS) is 23.7. The minimum Gasteiger partial charge on any atom is -0.342 e. The molecule has 0 radical (unpaired) electrons. The lowest BCUT2D eigenvalue weighted by molar-refractivity contribution is -0.137. The highest BCUT2D eigenvalue weighted by Crippen LogP contribution is 2.48. The van der Waals surface area contributed by atoms with Crippen LogP contribution in [0, 0.1) is 18.3 Å². The summed E-state index contributed by atoms with van der Waals surface area (Å²) in [5, 5.41) is 3.76. The molecule has 2 aliphatic rings. The van der Waals surface area contributed by atoms with Crippen LogP contribution >= 0.6 is 12.2 Å². The van der Waals surface area contributed by atoms with Crippen LogP contribution in [-0.2, 0) is 6.18 Å². The van der Waals surface area contributed by atoms with Gasteiger partial charge in [0.1, 0.15) is 11.4 Å². The van der Waals surface area contributed by atoms with Gasteiger partial charge in [0.15, 0.2) is 0 Å². The number of amidine groups is 1. The first-order chi connectivity index (χ1) is 15.4. The molecule has 1 N–H and O–H groups in total. The first-order valence-electron chi connectivity index (χ1n) is 11.3. The molecule has 1 saturated carbocycles. The van der Waals surface area contributed by atoms with Crippen LogP contribution < -0.4 is 10.2 Å². The van der Waals surface area contributed by atoms with Gasteiger partial charge in [-0.3, -0.25) is 0 Å². The monoisotopic (exact) mass is 473 g/mol. The molecule has 0 unspecified atom stereocenters. The molecule has 2 aromatic rings. The lowest BCUT2D eigenvalue weighted by atomic mass is 9.66. The van der Waals surface area contributed by atoms with Crippen molar-refractivity contribution in [3.63, 3.8) is 0 Å². The molecule has 0 saturated heterocycles. The van der Waals surface area contributed by atoms with E-state index in [-0.39, 0.29) is 5.41 Å². The summed E-state index contributed by atoms with van der Waals surface area (Å²) >= 11 is 5.65. The molecule has 7 heteroatoms. The van der Waals surface area contributed by atoms with Crippen LogP contribution in [0.15, 0.2) is 53.5 Å². The number of thiocarbonyl (C=S) groups is 1. The molecule has 2 aromatic carbocycles. The molecule has 1 spiro atoms. The number of rotatable bonds is 2. The Morgan fingerprint density at radius 1 is 1.03 bits per heavy atom. The predicted molar refractivity (Wildman–Crippen MR) is 133 cm³/mol. The van der Waals surface area contributed by atoms with Gasteiger partial charge in [-0.2, -0.15) is 13.2 Å². The van der Waals surface area contributed by atoms with Crippen LogP contribution in [0.1, 0.15) is 57.6 Å². The summed E-state index contributed by atoms with van der Waals surface area (Å²) in [6.45, 7) is 8.77. The van der Waals surface area contributed by atoms with Crippen molar-refractivity contribution in [2.24, 2.45) is 16.3 Å². The van der Waals surface area contributed by atoms with E-state index >= 15 is 0 Å². The summed E-state index contributed by atoms with van der Waals surface area (Å²) in [4.78, 5) is 6.56. The summed E-state index contributed by atoms with van der Waals surface area (Å²) in [6, 6.07) is 13.4. The van der Waals surface area contributed by atoms with E-state index in [9.17, 15) is 13.2 Å². The quantitative estimate of drug-likeness (QED) is 0.455. The lowest BCUT2D eigenvalue weighted by Gasteiger charge is -2.47. The van der Waals surface area contributed by atoms with Crippen molar-refractivity contribution in [2.45, 2.75) is 65.1 Å². The first-order valence-corrected chi connectivity index (χ1v) is 11.8. The molecule has 1 aliphatic carbocycles. The largest absolute Gasteiger partial charge is 0.416 e. The van der Waals surface area contributed by atoms with E-state index in [0.29, 0.717) is 16.7 Å². The highest BCUT2D eigenvalue weighted by molar-refractivity contribution is 7.80. The summed E-state index contributed by atoms with van der Waals surface area (Å²) in [5.41, 5.74) is 1.38. The molecule has 0 amide bonds. The highest BCUT2D eigenvalue weighted by atomic mass is 32.1. The molecule has 1 heterocycles. The third-order valence-electron chi connectivity index (χ3n) is 7.05. The molecular formula is C26H30F3N3S. The fraction of sp³-hybridized carbons (Fsp3) is 0.462. The van der Waals surface area contributed by atoms with Crippen molar-refractivity contribution >= 4 is 34.5 Å². The Bertz CT molecular complexity index is 1060. The number of anilines is 2. The van der Waals surface area contributed by atoms with Gasteiger partial charge in [0.05, 0.1) is 5.56 Å². The van der Waals surface area contributed by atoms with Crippen LogP contribution in [0.3, 0.4) is 0 Å². The Morgan fingerprint density at radius 3 is 2.24 bits per heavy atom. The fourth-order valence-electron chi connectivity index (χ4n) is 5.06. The molecular weight excluding hydrogens is 443 g/mol. The van der Waals surface area contributed by atoms with Crippen molar-refractivity contribution in [3.05, 3.63) is 59.7 Å². The van der Waals surface area contributed by atoms with Gasteiger partial charge in [-0.1, -0.05) is 44.5 Å². The second-order valence-corrected chi connectivity index (χ2v) is 10.7. The Balaban J connectivity index is 1.73. The maximum absolute atomic E-state index is 13.5. The molecule has 0 atom stereocenters. The summed E-state index contributed by atoms with van der Waals surface area (Å²) in [5.74, 6) is 1.25. The van der Waals surface area contributed by atoms with Gasteiger partial charge in [-0.25, -0.2) is 4.99 Å². The van der Waals surface area contributed by atoms with Crippen molar-refractivity contribution in [3.8, 4) is 0 Å². The zero-order valence-corrected chi connectivity index (χ0v) is 20.3. The summed E-state index contributed by atoms with van der Waals surface area (Å²) < 4.78 is 40.4. The van der Waals surface area contributed by atoms with Gasteiger partial charge in [-0.05, 0) is 86.5 Å². The third-order valence-corrected chi connectivity index (χ3v) is 7.32. The van der Waals surface area contributed by atoms with Crippen molar-refractivity contribution < 1.29 is 13.2 Å². The fourth-order valence-corrected chi connectivity index (χ4v) is 5.43. The standard InChI is InChI=1S/C26H30F3N3S/c1-17-8-10-20(11-9-17)30-22-25(14-12-18(13-15-25)24(2,3)4)32(23(33)31-22)21-7-5-6-19(16-21)26(27,28)29/h5-11,16,18H,12-15H2,1-4H3,(H,30,31,33). The molecule has 33 heavy (non-hydrogen) atoms. The lowest BCUT2D eigenvalue weighted by Crippen LogP contribution is -2.56. The van der Waals surface area contributed by atoms with E-state index < -0.39 is 17.3 Å². The van der Waals surface area contributed by atoms with E-state index in [1.165, 1.54) is 12.1 Å². The summed E-state index contributed by atoms with van der Waals surface area (Å²) in [7, 11) is 0. The number of hydrogen-bond acceptors (Lipinski definition) is 2. The average Bonchev–Trinajstić information content (AvgIpc) is 2.99. The first kappa shape index (κ1) is 23.7. The number of alkyl halides is 3. The van der Waals surface area contributed by atoms with Gasteiger partial charge in [0, 0.05) is 11.4 Å². The van der Waals surface area contributed by atoms with Crippen molar-refractivity contribution in [1.29, 1.82) is 0 Å². The molecule has 1 aliphatic heterocycles. The number of nitrogens with zero attached hydrogens (tertiary/aromatic N) is 2. The summed E-state index contributed by atoms with van der Waals surface area (Å²) in [6.07, 6.45) is -0.976. The van der Waals surface area contributed by atoms with E-state index in [0.717, 1.165) is 48.8 Å². The van der Waals surface area contributed by atoms with E-state index in [2.05, 4.69) is 26.1 Å². The zero-order valence-electron chi connectivity index (χ0n) is 19.5. The second-order valence-electron chi connectivity index (χ2n) is 10.3. The highest BCUT2D eigenvalue weighted by Gasteiger charge is 2.51. The molecule has 176 valence electrons. The van der Waals surface area contributed by atoms with Crippen LogP contribution in [0.4, 0.5) is 24.5 Å². The molecule has 3 nitrogen and oxygen atoms in total. The van der Waals surface area contributed by atoms with Gasteiger partial charge < -0.3 is 10.2 Å². The number of halogens is 3. The number of aryl methyl sites for hydroxylation is 1. The molecule has 1 fully saturated rings. The number of nitrogens with one attached hydrogen (secondary N) is 1. The zero-order chi connectivity index (χ0) is 24.0. The van der Waals surface area contributed by atoms with Gasteiger partial charge in [-0.15, -0.1) is 0 Å². The van der Waals surface area contributed by atoms with E-state index in [1.54, 1.807) is 6.07 Å². The van der Waals surface area contributed by atoms with Crippen LogP contribution in [0.25, 0.3) is 0 Å². The number of hydrogen-bond donors (Lipinski definition) is 1. The van der Waals surface area contributed by atoms with Crippen LogP contribution in [0.5, 0.6) is 0 Å². The Morgan fingerprint density at radius 2 is 1.67 bits per heavy atom. The molecule has 4 rings (SSSR count). The molecule has 0 aromatic heterocycles. The van der Waals surface area contributed by atoms with Crippen molar-refractivity contribution in [1.82, 2.24) is 0 Å². The maximum Gasteiger partial charge on any atom is 0.416 e. The van der Waals surface area contributed by atoms with Gasteiger partial charge >= 0.3 is 6.18 Å². The average molecular weight is 474 g/mol. The SMILES string of the molecule is Cc1ccc(NC2=NC(=S)N(c3cccc(C(F)(F)F)c3)C23CCC(C(C)(C)C)CC3)cc1. The Labute approximate surface area is 199 Å². The van der Waals surface area contributed by atoms with E-state index in [4.69, 9.17) is 17.2 Å². The Hall–Kier alpha value is -2.41. The maximum atomic E-state index is 13.5.